The number of nitrogens with one attached hydrogen (secondary N) is 2. The van der Waals surface area contributed by atoms with E-state index in [1.54, 1.807) is 47.7 Å². The predicted molar refractivity (Wildman–Crippen MR) is 461 cm³/mol. The highest BCUT2D eigenvalue weighted by molar-refractivity contribution is 7.87. The van der Waals surface area contributed by atoms with Crippen LogP contribution < -0.4 is 84.2 Å². The van der Waals surface area contributed by atoms with Crippen molar-refractivity contribution in [1.29, 1.82) is 0 Å². The van der Waals surface area contributed by atoms with Crippen LogP contribution in [-0.4, -0.2) is 155 Å². The number of halogens is 3. The summed E-state index contributed by atoms with van der Waals surface area (Å²) in [6.07, 6.45) is 0.549. The molecule has 0 spiro atoms. The van der Waals surface area contributed by atoms with Gasteiger partial charge < -0.3 is 79.2 Å². The summed E-state index contributed by atoms with van der Waals surface area (Å²) in [4.78, 5) is 25.0. The van der Waals surface area contributed by atoms with Gasteiger partial charge in [0.2, 0.25) is 23.0 Å². The van der Waals surface area contributed by atoms with Crippen LogP contribution in [-0.2, 0) is 41.9 Å². The summed E-state index contributed by atoms with van der Waals surface area (Å²) in [6, 6.07) is 54.2. The average Bonchev–Trinajstić information content (AvgIpc) is 1.42. The lowest BCUT2D eigenvalue weighted by molar-refractivity contribution is -0.0509. The Kier molecular flexibility index (Phi) is 28.9. The van der Waals surface area contributed by atoms with Crippen molar-refractivity contribution < 1.29 is 110 Å². The molecule has 3 aliphatic rings. The molecule has 1 saturated heterocycles. The molecule has 0 unspecified atom stereocenters. The molecule has 0 aromatic heterocycles. The highest BCUT2D eigenvalue weighted by Crippen LogP contribution is 2.54. The number of rotatable bonds is 22. The van der Waals surface area contributed by atoms with Gasteiger partial charge in [-0.1, -0.05) is 175 Å². The molecule has 0 aliphatic carbocycles. The van der Waals surface area contributed by atoms with Crippen LogP contribution in [0.2, 0.25) is 10.1 Å². The topological polar surface area (TPSA) is 249 Å². The normalized spacial score (nSPS) is 15.9. The third-order valence-corrected chi connectivity index (χ3v) is 31.2. The Labute approximate surface area is 699 Å². The van der Waals surface area contributed by atoms with E-state index in [1.807, 2.05) is 193 Å². The maximum Gasteiger partial charge on any atom is 0.534 e. The van der Waals surface area contributed by atoms with E-state index in [1.165, 1.54) is 33.5 Å². The SMILES string of the molecule is COc1cc2c(c(OC)c1OC)OC[C@H](O[Si](c1ccccc1)(c1ccccc1)C(C)(C)C)C=C2OS(=O)(=O)C(F)(F)F.COc1ccc(B2OC(C)(C)C(C)(C)O2)cc1NC(=O)OC(C)(C)C.COc1ccc(C2=C[C@@H](O[Si](c3ccccc3)(c3ccccc3)C(C)(C)C)COc3c2cc(OC)c(OC)c3OC)cc1NC(=O)OC(C)(C)C. The van der Waals surface area contributed by atoms with E-state index in [9.17, 15) is 31.2 Å². The standard InChI is InChI=1S/C41H49NO8Si.C30H33F3O8SSi.C18H28BNO5/c1-40(2,3)49-39(43)42-33-23-27(21-22-34(33)44-7)31-24-28(26-48-36-32(31)25-35(45-8)37(46-9)38(36)47-10)50-51(41(4,5)6,29-17-13-11-14-18-29)30-19-15-12-16-20-30;1-29(2,3)43(21-13-9-7-10-14-21,22-15-11-8-12-16-22)41-20-17-24(40-42(34,35)30(31,32)33)23-18-25(36-4)27(37-5)28(38-6)26(23)39-19-20;1-16(2,3)23-15(21)20-13-11-12(9-10-14(13)22-8)19-24-17(4,5)18(6,7)25-19/h11-25,28H,26H2,1-10H3,(H,42,43);7-18,20H,19H2,1-6H3;9-11H,1-8H3,(H,20,21)/t28-;20-;/m11./s1. The van der Waals surface area contributed by atoms with Crippen LogP contribution in [0.5, 0.6) is 57.5 Å². The van der Waals surface area contributed by atoms with Gasteiger partial charge in [0, 0.05) is 5.56 Å². The second-order valence-corrected chi connectivity index (χ2v) is 43.2. The number of methoxy groups -OCH3 is 8. The molecule has 30 heteroatoms. The molecule has 23 nitrogen and oxygen atoms in total. The number of amides is 2. The van der Waals surface area contributed by atoms with Crippen LogP contribution in [0.25, 0.3) is 11.3 Å². The average molecular weight is 1700 g/mol. The van der Waals surface area contributed by atoms with E-state index in [0.717, 1.165) is 37.3 Å². The van der Waals surface area contributed by atoms with Gasteiger partial charge in [-0.15, -0.1) is 0 Å². The summed E-state index contributed by atoms with van der Waals surface area (Å²) in [5, 5.41) is 8.90. The number of alkyl halides is 3. The van der Waals surface area contributed by atoms with Crippen molar-refractivity contribution >= 4 is 95.0 Å². The number of carbonyl (C=O) groups is 2. The maximum absolute atomic E-state index is 13.6. The Morgan fingerprint density at radius 2 is 0.798 bits per heavy atom. The van der Waals surface area contributed by atoms with Crippen LogP contribution in [0.1, 0.15) is 127 Å². The molecule has 640 valence electrons. The number of benzene rings is 8. The first kappa shape index (κ1) is 92.5. The van der Waals surface area contributed by atoms with Crippen molar-refractivity contribution in [2.45, 2.75) is 161 Å². The smallest absolute Gasteiger partial charge is 0.495 e. The maximum atomic E-state index is 13.6. The summed E-state index contributed by atoms with van der Waals surface area (Å²) in [6.45, 7) is 31.6. The lowest BCUT2D eigenvalue weighted by atomic mass is 9.79. The fourth-order valence-corrected chi connectivity index (χ4v) is 23.8. The zero-order valence-corrected chi connectivity index (χ0v) is 74.9. The lowest BCUT2D eigenvalue weighted by Crippen LogP contribution is -2.68. The molecular weight excluding hydrogens is 1590 g/mol. The fraction of sp³-hybridized carbons (Fsp3) is 0.393. The first-order valence-corrected chi connectivity index (χ1v) is 43.7. The zero-order valence-electron chi connectivity index (χ0n) is 72.1. The van der Waals surface area contributed by atoms with Crippen LogP contribution >= 0.6 is 0 Å². The van der Waals surface area contributed by atoms with Gasteiger partial charge in [0.15, 0.2) is 28.8 Å². The molecule has 119 heavy (non-hydrogen) atoms. The highest BCUT2D eigenvalue weighted by Gasteiger charge is 2.56. The number of fused-ring (bicyclic) bond motifs is 2. The van der Waals surface area contributed by atoms with Gasteiger partial charge in [-0.25, -0.2) is 9.59 Å². The van der Waals surface area contributed by atoms with Crippen molar-refractivity contribution in [3.8, 4) is 57.5 Å². The Morgan fingerprint density at radius 1 is 0.445 bits per heavy atom. The van der Waals surface area contributed by atoms with Crippen LogP contribution in [0.4, 0.5) is 34.1 Å². The Hall–Kier alpha value is -10.3. The van der Waals surface area contributed by atoms with E-state index in [-0.39, 0.29) is 46.8 Å². The van der Waals surface area contributed by atoms with Gasteiger partial charge in [-0.3, -0.25) is 10.6 Å². The number of anilines is 2. The Balaban J connectivity index is 0.000000215. The van der Waals surface area contributed by atoms with E-state index in [4.69, 9.17) is 79.2 Å². The molecule has 3 heterocycles. The summed E-state index contributed by atoms with van der Waals surface area (Å²) in [5.41, 5.74) is -4.01. The first-order valence-electron chi connectivity index (χ1n) is 38.5. The fourth-order valence-electron chi connectivity index (χ4n) is 14.1. The van der Waals surface area contributed by atoms with Crippen molar-refractivity contribution in [2.75, 3.05) is 80.7 Å². The second kappa shape index (κ2) is 37.1. The quantitative estimate of drug-likeness (QED) is 0.0363. The molecule has 8 aromatic rings. The minimum atomic E-state index is -6.09. The van der Waals surface area contributed by atoms with E-state index in [0.29, 0.717) is 51.4 Å². The molecule has 0 saturated carbocycles. The van der Waals surface area contributed by atoms with E-state index >= 15 is 0 Å². The Morgan fingerprint density at radius 3 is 1.15 bits per heavy atom. The van der Waals surface area contributed by atoms with Gasteiger partial charge in [0.05, 0.1) is 91.1 Å². The van der Waals surface area contributed by atoms with Gasteiger partial charge in [0.25, 0.3) is 16.6 Å². The molecule has 2 N–H and O–H groups in total. The van der Waals surface area contributed by atoms with Crippen molar-refractivity contribution in [2.24, 2.45) is 0 Å². The molecular formula is C89H110BF3N2O21SSi2. The third kappa shape index (κ3) is 20.8. The minimum Gasteiger partial charge on any atom is -0.495 e. The van der Waals surface area contributed by atoms with Crippen molar-refractivity contribution in [1.82, 2.24) is 0 Å². The predicted octanol–water partition coefficient (Wildman–Crippen LogP) is 16.4. The Bertz CT molecular complexity index is 4940. The van der Waals surface area contributed by atoms with Gasteiger partial charge in [-0.05, 0) is 165 Å². The van der Waals surface area contributed by atoms with Gasteiger partial charge >= 0.3 is 34.9 Å². The van der Waals surface area contributed by atoms with E-state index < -0.39 is 97.0 Å². The summed E-state index contributed by atoms with van der Waals surface area (Å²) in [5.74, 6) is 2.11. The summed E-state index contributed by atoms with van der Waals surface area (Å²) in [7, 11) is -1.13. The number of hydrogen-bond acceptors (Lipinski definition) is 21. The molecule has 11 rings (SSSR count). The summed E-state index contributed by atoms with van der Waals surface area (Å²) < 4.78 is 165. The van der Waals surface area contributed by atoms with Gasteiger partial charge in [0.1, 0.15) is 42.0 Å². The molecule has 8 aromatic carbocycles. The molecule has 2 atom stereocenters. The number of carbonyl (C=O) groups excluding carboxylic acids is 2. The zero-order chi connectivity index (χ0) is 87.7. The summed E-state index contributed by atoms with van der Waals surface area (Å²) >= 11 is 0. The molecule has 2 amide bonds. The minimum absolute atomic E-state index is 0.0261. The van der Waals surface area contributed by atoms with Gasteiger partial charge in [-0.2, -0.15) is 21.6 Å². The lowest BCUT2D eigenvalue weighted by Gasteiger charge is -2.44. The van der Waals surface area contributed by atoms with Crippen LogP contribution in [0.3, 0.4) is 0 Å². The molecule has 0 radical (unpaired) electrons. The van der Waals surface area contributed by atoms with Crippen molar-refractivity contribution in [3.05, 3.63) is 199 Å². The molecule has 1 fully saturated rings. The van der Waals surface area contributed by atoms with E-state index in [2.05, 4.69) is 86.0 Å². The number of ether oxygens (including phenoxy) is 12. The largest absolute Gasteiger partial charge is 0.534 e. The molecule has 0 bridgehead atoms. The van der Waals surface area contributed by atoms with Crippen LogP contribution in [0, 0.1) is 0 Å². The third-order valence-electron chi connectivity index (χ3n) is 20.1. The second-order valence-electron chi connectivity index (χ2n) is 33.1. The monoisotopic (exact) mass is 1700 g/mol. The van der Waals surface area contributed by atoms with Crippen molar-refractivity contribution in [3.63, 3.8) is 0 Å². The van der Waals surface area contributed by atoms with Crippen LogP contribution in [0.15, 0.2) is 182 Å². The first-order chi connectivity index (χ1) is 55.8. The highest BCUT2D eigenvalue weighted by atomic mass is 32.2. The molecule has 3 aliphatic heterocycles. The number of hydrogen-bond donors (Lipinski definition) is 2.